The van der Waals surface area contributed by atoms with Crippen LogP contribution in [0.15, 0.2) is 23.1 Å². The van der Waals surface area contributed by atoms with Crippen molar-refractivity contribution in [1.29, 1.82) is 0 Å². The average Bonchev–Trinajstić information content (AvgIpc) is 2.82. The summed E-state index contributed by atoms with van der Waals surface area (Å²) < 4.78 is 6.08. The Labute approximate surface area is 124 Å². The van der Waals surface area contributed by atoms with Crippen LogP contribution in [0, 0.1) is 0 Å². The molecule has 2 nitrogen and oxygen atoms in total. The number of thioether (sulfide) groups is 1. The minimum Gasteiger partial charge on any atom is -0.399 e. The van der Waals surface area contributed by atoms with Crippen LogP contribution >= 0.6 is 23.4 Å². The van der Waals surface area contributed by atoms with E-state index in [-0.39, 0.29) is 5.60 Å². The van der Waals surface area contributed by atoms with Gasteiger partial charge in [-0.05, 0) is 43.9 Å². The monoisotopic (exact) mass is 297 g/mol. The molecule has 1 heterocycles. The average molecular weight is 298 g/mol. The van der Waals surface area contributed by atoms with E-state index in [2.05, 4.69) is 0 Å². The van der Waals surface area contributed by atoms with Crippen molar-refractivity contribution in [3.63, 3.8) is 0 Å². The molecule has 1 atom stereocenters. The summed E-state index contributed by atoms with van der Waals surface area (Å²) in [6.07, 6.45) is 7.36. The number of halogens is 1. The zero-order valence-corrected chi connectivity index (χ0v) is 12.6. The van der Waals surface area contributed by atoms with E-state index in [1.54, 1.807) is 0 Å². The molecular weight excluding hydrogens is 278 g/mol. The van der Waals surface area contributed by atoms with Gasteiger partial charge in [0.1, 0.15) is 0 Å². The summed E-state index contributed by atoms with van der Waals surface area (Å²) in [5.74, 6) is 0. The first-order chi connectivity index (χ1) is 9.17. The maximum atomic E-state index is 6.26. The lowest BCUT2D eigenvalue weighted by atomic mass is 9.92. The molecule has 0 aromatic heterocycles. The molecule has 3 rings (SSSR count). The lowest BCUT2D eigenvalue weighted by Crippen LogP contribution is -2.38. The summed E-state index contributed by atoms with van der Waals surface area (Å²) in [6, 6.07) is 5.74. The van der Waals surface area contributed by atoms with Crippen LogP contribution < -0.4 is 5.73 Å². The topological polar surface area (TPSA) is 35.2 Å². The smallest absolute Gasteiger partial charge is 0.0693 e. The number of nitrogens with two attached hydrogens (primary N) is 1. The van der Waals surface area contributed by atoms with Crippen LogP contribution in [0.25, 0.3) is 0 Å². The third-order valence-corrected chi connectivity index (χ3v) is 5.98. The first-order valence-corrected chi connectivity index (χ1v) is 8.28. The molecule has 19 heavy (non-hydrogen) atoms. The Balaban J connectivity index is 1.70. The fourth-order valence-electron chi connectivity index (χ4n) is 3.24. The van der Waals surface area contributed by atoms with Gasteiger partial charge in [0.05, 0.1) is 10.6 Å². The summed E-state index contributed by atoms with van der Waals surface area (Å²) in [6.45, 7) is 0.887. The van der Waals surface area contributed by atoms with Crippen LogP contribution in [0.1, 0.15) is 38.5 Å². The maximum absolute atomic E-state index is 6.26. The van der Waals surface area contributed by atoms with Crippen LogP contribution in [0.5, 0.6) is 0 Å². The fourth-order valence-corrected chi connectivity index (χ4v) is 4.84. The Morgan fingerprint density at radius 3 is 2.89 bits per heavy atom. The van der Waals surface area contributed by atoms with Crippen molar-refractivity contribution in [1.82, 2.24) is 0 Å². The Kier molecular flexibility index (Phi) is 3.97. The van der Waals surface area contributed by atoms with Crippen LogP contribution in [0.4, 0.5) is 5.69 Å². The van der Waals surface area contributed by atoms with Crippen LogP contribution in [-0.4, -0.2) is 17.5 Å². The predicted octanol–water partition coefficient (Wildman–Crippen LogP) is 4.51. The largest absolute Gasteiger partial charge is 0.399 e. The van der Waals surface area contributed by atoms with Gasteiger partial charge < -0.3 is 10.5 Å². The minimum atomic E-state index is 0.169. The SMILES string of the molecule is Nc1ccc(Cl)c(SC2CCOC3(CCCC3)C2)c1. The summed E-state index contributed by atoms with van der Waals surface area (Å²) in [5, 5.41) is 1.41. The van der Waals surface area contributed by atoms with Crippen molar-refractivity contribution < 1.29 is 4.74 Å². The van der Waals surface area contributed by atoms with E-state index in [1.165, 1.54) is 25.7 Å². The number of rotatable bonds is 2. The Morgan fingerprint density at radius 1 is 1.32 bits per heavy atom. The number of benzene rings is 1. The second-order valence-corrected chi connectivity index (χ2v) is 7.41. The van der Waals surface area contributed by atoms with E-state index in [0.717, 1.165) is 35.1 Å². The van der Waals surface area contributed by atoms with Gasteiger partial charge in [-0.3, -0.25) is 0 Å². The molecule has 2 N–H and O–H groups in total. The first kappa shape index (κ1) is 13.6. The second kappa shape index (κ2) is 5.55. The summed E-state index contributed by atoms with van der Waals surface area (Å²) >= 11 is 8.13. The number of ether oxygens (including phenoxy) is 1. The highest BCUT2D eigenvalue weighted by Gasteiger charge is 2.40. The molecule has 4 heteroatoms. The highest BCUT2D eigenvalue weighted by molar-refractivity contribution is 8.00. The standard InChI is InChI=1S/C15H20ClNOS/c16-13-4-3-11(17)9-14(13)19-12-5-8-18-15(10-12)6-1-2-7-15/h3-4,9,12H,1-2,5-8,10,17H2. The molecule has 0 radical (unpaired) electrons. The highest BCUT2D eigenvalue weighted by atomic mass is 35.5. The summed E-state index contributed by atoms with van der Waals surface area (Å²) in [4.78, 5) is 1.11. The molecule has 1 saturated heterocycles. The molecule has 1 saturated carbocycles. The van der Waals surface area contributed by atoms with Gasteiger partial charge in [0.25, 0.3) is 0 Å². The molecule has 2 aliphatic rings. The molecule has 1 spiro atoms. The van der Waals surface area contributed by atoms with Crippen LogP contribution in [-0.2, 0) is 4.74 Å². The number of nitrogen functional groups attached to an aromatic ring is 1. The normalized spacial score (nSPS) is 25.8. The second-order valence-electron chi connectivity index (χ2n) is 5.66. The molecule has 1 aliphatic carbocycles. The third-order valence-electron chi connectivity index (χ3n) is 4.21. The van der Waals surface area contributed by atoms with Crippen LogP contribution in [0.3, 0.4) is 0 Å². The molecule has 1 aliphatic heterocycles. The molecule has 0 amide bonds. The molecule has 104 valence electrons. The van der Waals surface area contributed by atoms with Gasteiger partial charge in [0, 0.05) is 22.4 Å². The van der Waals surface area contributed by atoms with E-state index in [0.29, 0.717) is 5.25 Å². The Morgan fingerprint density at radius 2 is 2.11 bits per heavy atom. The van der Waals surface area contributed by atoms with Gasteiger partial charge in [-0.1, -0.05) is 24.4 Å². The zero-order valence-electron chi connectivity index (χ0n) is 11.0. The number of hydrogen-bond acceptors (Lipinski definition) is 3. The van der Waals surface area contributed by atoms with E-state index in [9.17, 15) is 0 Å². The van der Waals surface area contributed by atoms with Crippen LogP contribution in [0.2, 0.25) is 5.02 Å². The molecule has 1 aromatic carbocycles. The Hall–Kier alpha value is -0.380. The van der Waals surface area contributed by atoms with E-state index in [4.69, 9.17) is 22.1 Å². The molecule has 0 bridgehead atoms. The van der Waals surface area contributed by atoms with Gasteiger partial charge in [-0.2, -0.15) is 0 Å². The fraction of sp³-hybridized carbons (Fsp3) is 0.600. The van der Waals surface area contributed by atoms with E-state index in [1.807, 2.05) is 30.0 Å². The highest BCUT2D eigenvalue weighted by Crippen LogP contribution is 2.45. The number of anilines is 1. The Bertz CT molecular complexity index is 459. The van der Waals surface area contributed by atoms with Gasteiger partial charge in [-0.15, -0.1) is 11.8 Å². The summed E-state index contributed by atoms with van der Waals surface area (Å²) in [7, 11) is 0. The van der Waals surface area contributed by atoms with Crippen molar-refractivity contribution in [2.24, 2.45) is 0 Å². The molecule has 2 fully saturated rings. The molecule has 1 unspecified atom stereocenters. The first-order valence-electron chi connectivity index (χ1n) is 7.03. The van der Waals surface area contributed by atoms with Crippen molar-refractivity contribution in [2.45, 2.75) is 54.3 Å². The van der Waals surface area contributed by atoms with Gasteiger partial charge >= 0.3 is 0 Å². The quantitative estimate of drug-likeness (QED) is 0.816. The van der Waals surface area contributed by atoms with E-state index >= 15 is 0 Å². The third kappa shape index (κ3) is 3.04. The molecule has 1 aromatic rings. The molecular formula is C15H20ClNOS. The lowest BCUT2D eigenvalue weighted by molar-refractivity contribution is -0.0703. The number of hydrogen-bond donors (Lipinski definition) is 1. The maximum Gasteiger partial charge on any atom is 0.0693 e. The van der Waals surface area contributed by atoms with Crippen molar-refractivity contribution in [2.75, 3.05) is 12.3 Å². The lowest BCUT2D eigenvalue weighted by Gasteiger charge is -2.38. The van der Waals surface area contributed by atoms with E-state index < -0.39 is 0 Å². The van der Waals surface area contributed by atoms with Gasteiger partial charge in [0.2, 0.25) is 0 Å². The minimum absolute atomic E-state index is 0.169. The van der Waals surface area contributed by atoms with Crippen molar-refractivity contribution >= 4 is 29.1 Å². The van der Waals surface area contributed by atoms with Crippen molar-refractivity contribution in [3.8, 4) is 0 Å². The predicted molar refractivity (Wildman–Crippen MR) is 81.9 cm³/mol. The van der Waals surface area contributed by atoms with Gasteiger partial charge in [0.15, 0.2) is 0 Å². The van der Waals surface area contributed by atoms with Crippen molar-refractivity contribution in [3.05, 3.63) is 23.2 Å². The summed E-state index contributed by atoms with van der Waals surface area (Å²) in [5.41, 5.74) is 6.81. The van der Waals surface area contributed by atoms with Gasteiger partial charge in [-0.25, -0.2) is 0 Å². The zero-order chi connectivity index (χ0) is 13.3.